The van der Waals surface area contributed by atoms with E-state index in [9.17, 15) is 4.79 Å². The SMILES string of the molecule is CCCc1nnc(SCC(=O)Nc2cccc(Cl)c2Cl)n1N. The molecule has 1 heterocycles. The van der Waals surface area contributed by atoms with Crippen molar-refractivity contribution in [3.63, 3.8) is 0 Å². The number of aromatic nitrogens is 3. The number of halogens is 2. The molecule has 0 atom stereocenters. The molecule has 2 rings (SSSR count). The van der Waals surface area contributed by atoms with Gasteiger partial charge in [-0.05, 0) is 18.6 Å². The van der Waals surface area contributed by atoms with Gasteiger partial charge in [-0.25, -0.2) is 4.68 Å². The van der Waals surface area contributed by atoms with Crippen molar-refractivity contribution in [2.24, 2.45) is 0 Å². The van der Waals surface area contributed by atoms with Crippen LogP contribution >= 0.6 is 35.0 Å². The number of nitrogens with one attached hydrogen (secondary N) is 1. The van der Waals surface area contributed by atoms with Crippen LogP contribution in [0.1, 0.15) is 19.2 Å². The topological polar surface area (TPSA) is 85.8 Å². The standard InChI is InChI=1S/C13H15Cl2N5OS/c1-2-4-10-18-19-13(20(10)16)22-7-11(21)17-9-6-3-5-8(14)12(9)15/h3,5-6H,2,4,7,16H2,1H3,(H,17,21). The van der Waals surface area contributed by atoms with E-state index >= 15 is 0 Å². The van der Waals surface area contributed by atoms with Gasteiger partial charge in [0.15, 0.2) is 5.82 Å². The van der Waals surface area contributed by atoms with E-state index in [1.54, 1.807) is 18.2 Å². The van der Waals surface area contributed by atoms with E-state index in [1.165, 1.54) is 16.4 Å². The molecular weight excluding hydrogens is 345 g/mol. The summed E-state index contributed by atoms with van der Waals surface area (Å²) < 4.78 is 1.41. The molecule has 2 aromatic rings. The summed E-state index contributed by atoms with van der Waals surface area (Å²) >= 11 is 13.1. The first-order chi connectivity index (χ1) is 10.5. The van der Waals surface area contributed by atoms with Crippen LogP contribution in [0.5, 0.6) is 0 Å². The zero-order valence-corrected chi connectivity index (χ0v) is 14.2. The Kier molecular flexibility index (Phi) is 5.93. The van der Waals surface area contributed by atoms with Gasteiger partial charge in [-0.2, -0.15) is 0 Å². The van der Waals surface area contributed by atoms with Crippen LogP contribution in [0.2, 0.25) is 10.0 Å². The molecule has 0 aliphatic heterocycles. The van der Waals surface area contributed by atoms with E-state index in [0.29, 0.717) is 26.7 Å². The van der Waals surface area contributed by atoms with E-state index in [0.717, 1.165) is 12.8 Å². The van der Waals surface area contributed by atoms with Crippen LogP contribution in [0.3, 0.4) is 0 Å². The summed E-state index contributed by atoms with van der Waals surface area (Å²) in [6, 6.07) is 5.05. The van der Waals surface area contributed by atoms with Gasteiger partial charge in [-0.3, -0.25) is 4.79 Å². The molecule has 118 valence electrons. The molecule has 1 aromatic heterocycles. The highest BCUT2D eigenvalue weighted by molar-refractivity contribution is 7.99. The molecule has 0 saturated carbocycles. The molecule has 6 nitrogen and oxygen atoms in total. The summed E-state index contributed by atoms with van der Waals surface area (Å²) in [6.45, 7) is 2.03. The predicted molar refractivity (Wildman–Crippen MR) is 90.0 cm³/mol. The first kappa shape index (κ1) is 16.9. The Bertz CT molecular complexity index is 676. The van der Waals surface area contributed by atoms with Crippen LogP contribution in [0.15, 0.2) is 23.4 Å². The third-order valence-corrected chi connectivity index (χ3v) is 4.53. The summed E-state index contributed by atoms with van der Waals surface area (Å²) in [5.41, 5.74) is 0.473. The van der Waals surface area contributed by atoms with E-state index in [-0.39, 0.29) is 11.7 Å². The number of nitrogen functional groups attached to an aromatic ring is 1. The van der Waals surface area contributed by atoms with Crippen LogP contribution < -0.4 is 11.2 Å². The zero-order chi connectivity index (χ0) is 16.1. The van der Waals surface area contributed by atoms with E-state index in [2.05, 4.69) is 15.5 Å². The van der Waals surface area contributed by atoms with Gasteiger partial charge in [0.25, 0.3) is 0 Å². The second kappa shape index (κ2) is 7.71. The Labute approximate surface area is 142 Å². The Morgan fingerprint density at radius 3 is 2.91 bits per heavy atom. The molecule has 0 aliphatic carbocycles. The summed E-state index contributed by atoms with van der Waals surface area (Å²) in [5, 5.41) is 11.9. The Morgan fingerprint density at radius 1 is 1.41 bits per heavy atom. The maximum atomic E-state index is 12.0. The summed E-state index contributed by atoms with van der Waals surface area (Å²) in [7, 11) is 0. The number of benzene rings is 1. The van der Waals surface area contributed by atoms with E-state index in [4.69, 9.17) is 29.0 Å². The number of hydrogen-bond donors (Lipinski definition) is 2. The summed E-state index contributed by atoms with van der Waals surface area (Å²) in [5.74, 6) is 6.49. The van der Waals surface area contributed by atoms with Crippen molar-refractivity contribution in [1.29, 1.82) is 0 Å². The fraction of sp³-hybridized carbons (Fsp3) is 0.308. The van der Waals surface area contributed by atoms with Crippen molar-refractivity contribution in [2.45, 2.75) is 24.9 Å². The first-order valence-electron chi connectivity index (χ1n) is 6.59. The number of hydrogen-bond acceptors (Lipinski definition) is 5. The van der Waals surface area contributed by atoms with E-state index in [1.807, 2.05) is 6.92 Å². The number of amides is 1. The van der Waals surface area contributed by atoms with Gasteiger partial charge >= 0.3 is 0 Å². The van der Waals surface area contributed by atoms with Gasteiger partial charge in [-0.1, -0.05) is 48.0 Å². The molecule has 0 saturated heterocycles. The lowest BCUT2D eigenvalue weighted by Crippen LogP contribution is -2.17. The quantitative estimate of drug-likeness (QED) is 0.611. The number of carbonyl (C=O) groups is 1. The largest absolute Gasteiger partial charge is 0.336 e. The van der Waals surface area contributed by atoms with Crippen molar-refractivity contribution in [1.82, 2.24) is 14.9 Å². The maximum absolute atomic E-state index is 12.0. The number of thioether (sulfide) groups is 1. The predicted octanol–water partition coefficient (Wildman–Crippen LogP) is 2.98. The minimum atomic E-state index is -0.228. The van der Waals surface area contributed by atoms with Gasteiger partial charge in [-0.15, -0.1) is 10.2 Å². The van der Waals surface area contributed by atoms with Crippen molar-refractivity contribution >= 4 is 46.6 Å². The number of nitrogens with zero attached hydrogens (tertiary/aromatic N) is 3. The zero-order valence-electron chi connectivity index (χ0n) is 11.8. The number of anilines is 1. The lowest BCUT2D eigenvalue weighted by atomic mass is 10.3. The molecule has 22 heavy (non-hydrogen) atoms. The van der Waals surface area contributed by atoms with Crippen LogP contribution in [0.4, 0.5) is 5.69 Å². The number of rotatable bonds is 6. The fourth-order valence-electron chi connectivity index (χ4n) is 1.72. The number of nitrogens with two attached hydrogens (primary N) is 1. The average Bonchev–Trinajstić information content (AvgIpc) is 2.83. The van der Waals surface area contributed by atoms with Crippen LogP contribution in [0, 0.1) is 0 Å². The molecule has 3 N–H and O–H groups in total. The molecule has 0 aliphatic rings. The molecule has 1 amide bonds. The van der Waals surface area contributed by atoms with E-state index < -0.39 is 0 Å². The van der Waals surface area contributed by atoms with Crippen molar-refractivity contribution in [3.05, 3.63) is 34.1 Å². The highest BCUT2D eigenvalue weighted by Gasteiger charge is 2.13. The third-order valence-electron chi connectivity index (χ3n) is 2.77. The monoisotopic (exact) mass is 359 g/mol. The van der Waals surface area contributed by atoms with Gasteiger partial charge in [0.2, 0.25) is 11.1 Å². The van der Waals surface area contributed by atoms with Crippen molar-refractivity contribution in [3.8, 4) is 0 Å². The van der Waals surface area contributed by atoms with Crippen LogP contribution in [-0.2, 0) is 11.2 Å². The third kappa shape index (κ3) is 4.06. The number of aryl methyl sites for hydroxylation is 1. The molecule has 0 bridgehead atoms. The molecule has 1 aromatic carbocycles. The molecule has 0 spiro atoms. The molecular formula is C13H15Cl2N5OS. The average molecular weight is 360 g/mol. The number of carbonyl (C=O) groups excluding carboxylic acids is 1. The highest BCUT2D eigenvalue weighted by Crippen LogP contribution is 2.29. The maximum Gasteiger partial charge on any atom is 0.234 e. The Hall–Kier alpha value is -1.44. The van der Waals surface area contributed by atoms with Gasteiger partial charge in [0, 0.05) is 6.42 Å². The minimum absolute atomic E-state index is 0.143. The molecule has 9 heteroatoms. The van der Waals surface area contributed by atoms with Crippen molar-refractivity contribution < 1.29 is 4.79 Å². The molecule has 0 radical (unpaired) electrons. The lowest BCUT2D eigenvalue weighted by molar-refractivity contribution is -0.113. The Balaban J connectivity index is 1.94. The molecule has 0 fully saturated rings. The minimum Gasteiger partial charge on any atom is -0.336 e. The first-order valence-corrected chi connectivity index (χ1v) is 8.33. The second-order valence-electron chi connectivity index (χ2n) is 4.46. The van der Waals surface area contributed by atoms with Crippen LogP contribution in [-0.4, -0.2) is 26.5 Å². The fourth-order valence-corrected chi connectivity index (χ4v) is 2.74. The van der Waals surface area contributed by atoms with Gasteiger partial charge in [0.1, 0.15) is 0 Å². The van der Waals surface area contributed by atoms with Crippen molar-refractivity contribution in [2.75, 3.05) is 16.9 Å². The highest BCUT2D eigenvalue weighted by atomic mass is 35.5. The molecule has 0 unspecified atom stereocenters. The van der Waals surface area contributed by atoms with Gasteiger partial charge in [0.05, 0.1) is 21.5 Å². The summed E-state index contributed by atoms with van der Waals surface area (Å²) in [6.07, 6.45) is 1.67. The van der Waals surface area contributed by atoms with Crippen LogP contribution in [0.25, 0.3) is 0 Å². The normalized spacial score (nSPS) is 10.7. The Morgan fingerprint density at radius 2 is 2.18 bits per heavy atom. The lowest BCUT2D eigenvalue weighted by Gasteiger charge is -2.08. The second-order valence-corrected chi connectivity index (χ2v) is 6.18. The van der Waals surface area contributed by atoms with Gasteiger partial charge < -0.3 is 11.2 Å². The smallest absolute Gasteiger partial charge is 0.234 e. The summed E-state index contributed by atoms with van der Waals surface area (Å²) in [4.78, 5) is 12.0.